The number of anilines is 2. The summed E-state index contributed by atoms with van der Waals surface area (Å²) in [6.07, 6.45) is 0. The summed E-state index contributed by atoms with van der Waals surface area (Å²) in [6, 6.07) is 25.5. The van der Waals surface area contributed by atoms with E-state index in [-0.39, 0.29) is 81.3 Å². The van der Waals surface area contributed by atoms with Crippen molar-refractivity contribution in [1.29, 1.82) is 0 Å². The first-order valence-electron chi connectivity index (χ1n) is 11.6. The predicted octanol–water partition coefficient (Wildman–Crippen LogP) is -1.36. The molecule has 10 nitrogen and oxygen atoms in total. The maximum absolute atomic E-state index is 13.0. The van der Waals surface area contributed by atoms with Crippen LogP contribution in [0.25, 0.3) is 21.5 Å². The number of hydrogen-bond donors (Lipinski definition) is 2. The Morgan fingerprint density at radius 2 is 1.12 bits per heavy atom. The van der Waals surface area contributed by atoms with Gasteiger partial charge in [0.2, 0.25) is 0 Å². The number of carbonyl (C=O) groups is 2. The molecule has 0 unspecified atom stereocenters. The molecule has 0 aliphatic carbocycles. The zero-order valence-electron chi connectivity index (χ0n) is 22.3. The van der Waals surface area contributed by atoms with Crippen molar-refractivity contribution in [2.45, 2.75) is 9.79 Å². The molecule has 0 heterocycles. The SMILES string of the molecule is O=C(Nc1cccc2cccc(SOO[O-])c12)c1ccc(C(=O)Nc2cccc3cccc(S(=O)(=O)[O-])c23)cc1.[Na+].[Na+]. The second kappa shape index (κ2) is 14.9. The molecule has 2 amide bonds. The van der Waals surface area contributed by atoms with E-state index in [1.807, 2.05) is 12.1 Å². The van der Waals surface area contributed by atoms with E-state index in [0.29, 0.717) is 33.4 Å². The van der Waals surface area contributed by atoms with Gasteiger partial charge in [-0.25, -0.2) is 8.42 Å². The molecule has 0 saturated heterocycles. The second-order valence-electron chi connectivity index (χ2n) is 8.48. The fraction of sp³-hybridized carbons (Fsp3) is 0. The van der Waals surface area contributed by atoms with Crippen molar-refractivity contribution in [3.63, 3.8) is 0 Å². The number of fused-ring (bicyclic) bond motifs is 2. The molecule has 2 N–H and O–H groups in total. The first kappa shape index (κ1) is 34.2. The van der Waals surface area contributed by atoms with E-state index < -0.39 is 26.8 Å². The summed E-state index contributed by atoms with van der Waals surface area (Å²) in [5, 5.41) is 21.3. The standard InChI is InChI=1S/C28H20N2O8S2.2Na/c31-27(29-21-9-1-5-17-7-3-11-23(25(17)21)39-38-37-33)19-13-15-20(16-14-19)28(32)30-22-10-2-6-18-8-4-12-24(26(18)22)40(34,35)36;;/h1-16,33H,(H,29,31)(H,30,32)(H,34,35,36);;/q;2*+1/p-2. The predicted molar refractivity (Wildman–Crippen MR) is 146 cm³/mol. The largest absolute Gasteiger partial charge is 1.00 e. The Morgan fingerprint density at radius 1 is 0.667 bits per heavy atom. The monoisotopic (exact) mass is 620 g/mol. The molecule has 0 spiro atoms. The van der Waals surface area contributed by atoms with Crippen molar-refractivity contribution in [3.8, 4) is 0 Å². The van der Waals surface area contributed by atoms with Crippen molar-refractivity contribution in [2.24, 2.45) is 0 Å². The van der Waals surface area contributed by atoms with E-state index in [4.69, 9.17) is 0 Å². The molecule has 202 valence electrons. The molecule has 0 saturated carbocycles. The minimum atomic E-state index is -4.79. The van der Waals surface area contributed by atoms with Crippen LogP contribution in [0.1, 0.15) is 20.7 Å². The van der Waals surface area contributed by atoms with E-state index in [1.165, 1.54) is 42.5 Å². The summed E-state index contributed by atoms with van der Waals surface area (Å²) in [5.41, 5.74) is 1.11. The van der Waals surface area contributed by atoms with Crippen molar-refractivity contribution < 1.29 is 96.3 Å². The van der Waals surface area contributed by atoms with Gasteiger partial charge in [-0.3, -0.25) is 14.6 Å². The topological polar surface area (TPSA) is 157 Å². The molecule has 14 heteroatoms. The van der Waals surface area contributed by atoms with Crippen LogP contribution < -0.4 is 75.0 Å². The van der Waals surface area contributed by atoms with Crippen LogP contribution in [0.4, 0.5) is 11.4 Å². The van der Waals surface area contributed by atoms with Crippen LogP contribution in [0.15, 0.2) is 107 Å². The van der Waals surface area contributed by atoms with Gasteiger partial charge in [0.25, 0.3) is 11.8 Å². The third-order valence-corrected chi connectivity index (χ3v) is 7.58. The van der Waals surface area contributed by atoms with Crippen LogP contribution in [0.2, 0.25) is 0 Å². The van der Waals surface area contributed by atoms with Gasteiger partial charge in [0.1, 0.15) is 10.1 Å². The van der Waals surface area contributed by atoms with Crippen LogP contribution in [-0.2, 0) is 19.5 Å². The summed E-state index contributed by atoms with van der Waals surface area (Å²) < 4.78 is 39.8. The van der Waals surface area contributed by atoms with E-state index in [9.17, 15) is 27.8 Å². The summed E-state index contributed by atoms with van der Waals surface area (Å²) >= 11 is 0.714. The summed E-state index contributed by atoms with van der Waals surface area (Å²) in [4.78, 5) is 26.1. The number of rotatable bonds is 8. The van der Waals surface area contributed by atoms with E-state index in [2.05, 4.69) is 20.0 Å². The van der Waals surface area contributed by atoms with Gasteiger partial charge in [-0.2, -0.15) is 4.33 Å². The molecule has 42 heavy (non-hydrogen) atoms. The zero-order chi connectivity index (χ0) is 28.3. The van der Waals surface area contributed by atoms with Crippen LogP contribution in [-0.4, -0.2) is 24.8 Å². The third-order valence-electron chi connectivity index (χ3n) is 6.06. The van der Waals surface area contributed by atoms with Crippen LogP contribution in [0, 0.1) is 0 Å². The van der Waals surface area contributed by atoms with E-state index in [0.717, 1.165) is 5.39 Å². The summed E-state index contributed by atoms with van der Waals surface area (Å²) in [5.74, 6) is -1.01. The van der Waals surface area contributed by atoms with Gasteiger partial charge in [-0.05, 0) is 59.3 Å². The Kier molecular flexibility index (Phi) is 12.2. The van der Waals surface area contributed by atoms with Crippen molar-refractivity contribution in [1.82, 2.24) is 0 Å². The van der Waals surface area contributed by atoms with Crippen LogP contribution in [0.3, 0.4) is 0 Å². The molecule has 0 radical (unpaired) electrons. The Balaban J connectivity index is 0.00000242. The fourth-order valence-electron chi connectivity index (χ4n) is 4.31. The Morgan fingerprint density at radius 3 is 1.62 bits per heavy atom. The first-order valence-corrected chi connectivity index (χ1v) is 13.8. The average molecular weight is 621 g/mol. The minimum Gasteiger partial charge on any atom is -0.744 e. The van der Waals surface area contributed by atoms with Crippen LogP contribution >= 0.6 is 12.0 Å². The van der Waals surface area contributed by atoms with Crippen molar-refractivity contribution >= 4 is 66.9 Å². The second-order valence-corrected chi connectivity index (χ2v) is 10.6. The molecule has 0 fully saturated rings. The van der Waals surface area contributed by atoms with Gasteiger partial charge in [-0.1, -0.05) is 48.5 Å². The molecule has 5 aromatic carbocycles. The molecule has 5 rings (SSSR count). The summed E-state index contributed by atoms with van der Waals surface area (Å²) in [6.45, 7) is 0. The normalized spacial score (nSPS) is 10.9. The van der Waals surface area contributed by atoms with Gasteiger partial charge in [0.15, 0.2) is 0 Å². The molecule has 0 aliphatic heterocycles. The maximum atomic E-state index is 13.0. The summed E-state index contributed by atoms with van der Waals surface area (Å²) in [7, 11) is -4.79. The quantitative estimate of drug-likeness (QED) is 0.0703. The molecule has 5 aromatic rings. The van der Waals surface area contributed by atoms with Gasteiger partial charge < -0.3 is 20.4 Å². The van der Waals surface area contributed by atoms with Gasteiger partial charge in [0, 0.05) is 26.8 Å². The molecular weight excluding hydrogens is 602 g/mol. The van der Waals surface area contributed by atoms with E-state index in [1.54, 1.807) is 42.5 Å². The molecule has 0 bridgehead atoms. The maximum Gasteiger partial charge on any atom is 1.00 e. The van der Waals surface area contributed by atoms with Crippen molar-refractivity contribution in [3.05, 3.63) is 108 Å². The number of amides is 2. The van der Waals surface area contributed by atoms with E-state index >= 15 is 0 Å². The molecular formula is C28H18N2Na2O8S2. The van der Waals surface area contributed by atoms with Gasteiger partial charge in [0.05, 0.1) is 28.3 Å². The third kappa shape index (κ3) is 7.61. The minimum absolute atomic E-state index is 0. The fourth-order valence-corrected chi connectivity index (χ4v) is 5.58. The van der Waals surface area contributed by atoms with Crippen LogP contribution in [0.5, 0.6) is 0 Å². The Bertz CT molecular complexity index is 1860. The first-order chi connectivity index (χ1) is 19.3. The zero-order valence-corrected chi connectivity index (χ0v) is 28.0. The molecule has 0 aliphatic rings. The number of benzene rings is 5. The Hall–Kier alpha value is -2.30. The Labute approximate surface area is 289 Å². The van der Waals surface area contributed by atoms with Gasteiger partial charge >= 0.3 is 59.1 Å². The number of hydrogen-bond acceptors (Lipinski definition) is 9. The number of nitrogens with one attached hydrogen (secondary N) is 2. The van der Waals surface area contributed by atoms with Crippen molar-refractivity contribution in [2.75, 3.05) is 10.6 Å². The smallest absolute Gasteiger partial charge is 0.744 e. The molecule has 0 atom stereocenters. The average Bonchev–Trinajstić information content (AvgIpc) is 2.95. The molecule has 0 aromatic heterocycles. The van der Waals surface area contributed by atoms with Gasteiger partial charge in [-0.15, -0.1) is 0 Å². The number of carbonyl (C=O) groups excluding carboxylic acids is 2.